The summed E-state index contributed by atoms with van der Waals surface area (Å²) in [5, 5.41) is 9.22. The van der Waals surface area contributed by atoms with Gasteiger partial charge in [0.25, 0.3) is 0 Å². The quantitative estimate of drug-likeness (QED) is 0.785. The Balaban J connectivity index is 3.10. The molecule has 1 nitrogen and oxygen atoms in total. The standard InChI is InChI=1S/C10H11F3O/c1-9(2,14)10(12,13)7-3-5-8(11)6-4-7/h3-6,14H,1-2H3. The summed E-state index contributed by atoms with van der Waals surface area (Å²) in [5.41, 5.74) is -2.56. The van der Waals surface area contributed by atoms with Crippen LogP contribution in [0.2, 0.25) is 0 Å². The lowest BCUT2D eigenvalue weighted by Crippen LogP contribution is -2.40. The van der Waals surface area contributed by atoms with Crippen LogP contribution in [0.5, 0.6) is 0 Å². The van der Waals surface area contributed by atoms with Crippen molar-refractivity contribution in [3.05, 3.63) is 35.6 Å². The summed E-state index contributed by atoms with van der Waals surface area (Å²) >= 11 is 0. The van der Waals surface area contributed by atoms with Gasteiger partial charge in [0.1, 0.15) is 11.4 Å². The third kappa shape index (κ3) is 1.90. The minimum absolute atomic E-state index is 0.397. The lowest BCUT2D eigenvalue weighted by Gasteiger charge is -2.29. The highest BCUT2D eigenvalue weighted by Gasteiger charge is 2.46. The Morgan fingerprint density at radius 1 is 1.07 bits per heavy atom. The van der Waals surface area contributed by atoms with E-state index in [1.54, 1.807) is 0 Å². The van der Waals surface area contributed by atoms with Crippen LogP contribution < -0.4 is 0 Å². The van der Waals surface area contributed by atoms with E-state index in [2.05, 4.69) is 0 Å². The Morgan fingerprint density at radius 3 is 1.86 bits per heavy atom. The number of hydrogen-bond donors (Lipinski definition) is 1. The summed E-state index contributed by atoms with van der Waals surface area (Å²) in [6, 6.07) is 3.81. The highest BCUT2D eigenvalue weighted by molar-refractivity contribution is 5.23. The molecule has 0 atom stereocenters. The van der Waals surface area contributed by atoms with Crippen molar-refractivity contribution in [1.29, 1.82) is 0 Å². The lowest BCUT2D eigenvalue weighted by atomic mass is 9.94. The number of alkyl halides is 2. The molecule has 0 aliphatic rings. The zero-order valence-corrected chi connectivity index (χ0v) is 7.89. The van der Waals surface area contributed by atoms with Crippen molar-refractivity contribution in [2.75, 3.05) is 0 Å². The molecule has 0 radical (unpaired) electrons. The maximum atomic E-state index is 13.4. The van der Waals surface area contributed by atoms with Crippen molar-refractivity contribution in [3.8, 4) is 0 Å². The van der Waals surface area contributed by atoms with Crippen LogP contribution >= 0.6 is 0 Å². The van der Waals surface area contributed by atoms with Gasteiger partial charge in [-0.1, -0.05) is 12.1 Å². The molecule has 0 aliphatic heterocycles. The average Bonchev–Trinajstić information content (AvgIpc) is 2.03. The Hall–Kier alpha value is -1.03. The molecular formula is C10H11F3O. The number of rotatable bonds is 2. The maximum absolute atomic E-state index is 13.4. The minimum Gasteiger partial charge on any atom is -0.384 e. The van der Waals surface area contributed by atoms with E-state index in [1.807, 2.05) is 0 Å². The van der Waals surface area contributed by atoms with Crippen LogP contribution in [0.1, 0.15) is 19.4 Å². The fourth-order valence-corrected chi connectivity index (χ4v) is 1.01. The van der Waals surface area contributed by atoms with Gasteiger partial charge in [0.15, 0.2) is 0 Å². The average molecular weight is 204 g/mol. The van der Waals surface area contributed by atoms with E-state index in [4.69, 9.17) is 0 Å². The largest absolute Gasteiger partial charge is 0.384 e. The Labute approximate surface area is 80.2 Å². The zero-order chi connectivity index (χ0) is 11.0. The van der Waals surface area contributed by atoms with E-state index in [-0.39, 0.29) is 0 Å². The lowest BCUT2D eigenvalue weighted by molar-refractivity contribution is -0.168. The summed E-state index contributed by atoms with van der Waals surface area (Å²) in [5.74, 6) is -3.97. The van der Waals surface area contributed by atoms with Crippen LogP contribution in [0.15, 0.2) is 24.3 Å². The molecule has 0 saturated carbocycles. The second-order valence-corrected chi connectivity index (χ2v) is 3.64. The van der Waals surface area contributed by atoms with Gasteiger partial charge in [-0.3, -0.25) is 0 Å². The number of hydrogen-bond acceptors (Lipinski definition) is 1. The topological polar surface area (TPSA) is 20.2 Å². The molecule has 1 N–H and O–H groups in total. The van der Waals surface area contributed by atoms with Crippen LogP contribution in [0, 0.1) is 5.82 Å². The fraction of sp³-hybridized carbons (Fsp3) is 0.400. The molecule has 78 valence electrons. The molecule has 4 heteroatoms. The van der Waals surface area contributed by atoms with Crippen molar-refractivity contribution in [2.45, 2.75) is 25.4 Å². The van der Waals surface area contributed by atoms with E-state index in [0.29, 0.717) is 0 Å². The van der Waals surface area contributed by atoms with Crippen molar-refractivity contribution < 1.29 is 18.3 Å². The molecule has 14 heavy (non-hydrogen) atoms. The third-order valence-electron chi connectivity index (χ3n) is 1.98. The second-order valence-electron chi connectivity index (χ2n) is 3.64. The molecular weight excluding hydrogens is 193 g/mol. The monoisotopic (exact) mass is 204 g/mol. The molecule has 1 rings (SSSR count). The molecule has 0 aromatic heterocycles. The SMILES string of the molecule is CC(C)(O)C(F)(F)c1ccc(F)cc1. The first-order valence-electron chi connectivity index (χ1n) is 4.11. The van der Waals surface area contributed by atoms with Crippen molar-refractivity contribution in [1.82, 2.24) is 0 Å². The van der Waals surface area contributed by atoms with Crippen LogP contribution in [-0.4, -0.2) is 10.7 Å². The first-order valence-corrected chi connectivity index (χ1v) is 4.11. The van der Waals surface area contributed by atoms with E-state index in [0.717, 1.165) is 38.1 Å². The number of aliphatic hydroxyl groups is 1. The van der Waals surface area contributed by atoms with Crippen molar-refractivity contribution in [3.63, 3.8) is 0 Å². The number of halogens is 3. The molecule has 0 heterocycles. The van der Waals surface area contributed by atoms with Crippen LogP contribution in [0.3, 0.4) is 0 Å². The van der Waals surface area contributed by atoms with Gasteiger partial charge in [-0.2, -0.15) is 8.78 Å². The molecule has 1 aromatic carbocycles. The predicted octanol–water partition coefficient (Wildman–Crippen LogP) is 2.69. The van der Waals surface area contributed by atoms with Gasteiger partial charge in [0, 0.05) is 5.56 Å². The molecule has 0 bridgehead atoms. The molecule has 0 aliphatic carbocycles. The van der Waals surface area contributed by atoms with Gasteiger partial charge in [0.2, 0.25) is 0 Å². The van der Waals surface area contributed by atoms with Gasteiger partial charge in [-0.15, -0.1) is 0 Å². The molecule has 0 unspecified atom stereocenters. The molecule has 0 amide bonds. The predicted molar refractivity (Wildman–Crippen MR) is 46.6 cm³/mol. The Morgan fingerprint density at radius 2 is 1.50 bits per heavy atom. The third-order valence-corrected chi connectivity index (χ3v) is 1.98. The Kier molecular flexibility index (Phi) is 2.58. The summed E-state index contributed by atoms with van der Waals surface area (Å²) in [6.07, 6.45) is 0. The van der Waals surface area contributed by atoms with Crippen LogP contribution in [-0.2, 0) is 5.92 Å². The fourth-order valence-electron chi connectivity index (χ4n) is 1.01. The van der Waals surface area contributed by atoms with Crippen molar-refractivity contribution in [2.24, 2.45) is 0 Å². The molecule has 0 fully saturated rings. The first-order chi connectivity index (χ1) is 6.25. The summed E-state index contributed by atoms with van der Waals surface area (Å²) < 4.78 is 39.3. The van der Waals surface area contributed by atoms with Gasteiger partial charge in [-0.25, -0.2) is 4.39 Å². The smallest absolute Gasteiger partial charge is 0.300 e. The van der Waals surface area contributed by atoms with E-state index in [9.17, 15) is 18.3 Å². The molecule has 0 saturated heterocycles. The summed E-state index contributed by atoms with van der Waals surface area (Å²) in [7, 11) is 0. The number of benzene rings is 1. The van der Waals surface area contributed by atoms with Crippen LogP contribution in [0.4, 0.5) is 13.2 Å². The highest BCUT2D eigenvalue weighted by Crippen LogP contribution is 2.38. The van der Waals surface area contributed by atoms with Gasteiger partial charge < -0.3 is 5.11 Å². The van der Waals surface area contributed by atoms with Gasteiger partial charge in [-0.05, 0) is 26.0 Å². The summed E-state index contributed by atoms with van der Waals surface area (Å²) in [4.78, 5) is 0. The minimum atomic E-state index is -3.39. The van der Waals surface area contributed by atoms with E-state index < -0.39 is 22.9 Å². The second kappa shape index (κ2) is 3.28. The Bertz CT molecular complexity index is 311. The van der Waals surface area contributed by atoms with E-state index in [1.165, 1.54) is 0 Å². The first kappa shape index (κ1) is 11.0. The zero-order valence-electron chi connectivity index (χ0n) is 7.89. The van der Waals surface area contributed by atoms with Gasteiger partial charge in [0.05, 0.1) is 0 Å². The van der Waals surface area contributed by atoms with Gasteiger partial charge >= 0.3 is 5.92 Å². The highest BCUT2D eigenvalue weighted by atomic mass is 19.3. The van der Waals surface area contributed by atoms with Crippen LogP contribution in [0.25, 0.3) is 0 Å². The van der Waals surface area contributed by atoms with E-state index >= 15 is 0 Å². The normalized spacial score (nSPS) is 13.0. The maximum Gasteiger partial charge on any atom is 0.300 e. The summed E-state index contributed by atoms with van der Waals surface area (Å²) in [6.45, 7) is 2.02. The molecule has 1 aromatic rings. The molecule has 0 spiro atoms. The van der Waals surface area contributed by atoms with Crippen molar-refractivity contribution >= 4 is 0 Å².